The number of ether oxygens (including phenoxy) is 1. The molecule has 2 aromatic rings. The maximum Gasteiger partial charge on any atom is 0.137 e. The lowest BCUT2D eigenvalue weighted by atomic mass is 10.1. The van der Waals surface area contributed by atoms with E-state index < -0.39 is 0 Å². The summed E-state index contributed by atoms with van der Waals surface area (Å²) < 4.78 is 7.35. The lowest BCUT2D eigenvalue weighted by Crippen LogP contribution is -2.30. The van der Waals surface area contributed by atoms with Gasteiger partial charge in [0.05, 0.1) is 37.1 Å². The Bertz CT molecular complexity index is 511. The highest BCUT2D eigenvalue weighted by molar-refractivity contribution is 5.30. The molecule has 0 spiro atoms. The van der Waals surface area contributed by atoms with Gasteiger partial charge in [0.1, 0.15) is 5.75 Å². The fraction of sp³-hybridized carbons (Fsp3) is 0.333. The van der Waals surface area contributed by atoms with Crippen molar-refractivity contribution in [1.29, 1.82) is 0 Å². The summed E-state index contributed by atoms with van der Waals surface area (Å²) in [5.41, 5.74) is 4.68. The molecule has 0 fully saturated rings. The minimum atomic E-state index is -0.162. The van der Waals surface area contributed by atoms with Crippen LogP contribution >= 0.6 is 0 Å². The third kappa shape index (κ3) is 2.49. The van der Waals surface area contributed by atoms with Crippen LogP contribution in [0.2, 0.25) is 0 Å². The second kappa shape index (κ2) is 5.61. The Labute approximate surface area is 106 Å². The topological polar surface area (TPSA) is 78.0 Å². The fourth-order valence-electron chi connectivity index (χ4n) is 1.84. The first kappa shape index (κ1) is 12.5. The second-order valence-electron chi connectivity index (χ2n) is 3.92. The molecule has 1 unspecified atom stereocenters. The van der Waals surface area contributed by atoms with Crippen LogP contribution < -0.4 is 16.0 Å². The molecule has 0 saturated heterocycles. The van der Waals surface area contributed by atoms with E-state index in [-0.39, 0.29) is 6.04 Å². The number of pyridine rings is 1. The summed E-state index contributed by atoms with van der Waals surface area (Å²) in [5.74, 6) is 6.36. The highest BCUT2D eigenvalue weighted by Crippen LogP contribution is 2.23. The second-order valence-corrected chi connectivity index (χ2v) is 3.92. The molecule has 96 valence electrons. The van der Waals surface area contributed by atoms with E-state index in [1.54, 1.807) is 24.9 Å². The molecule has 6 nitrogen and oxygen atoms in total. The lowest BCUT2D eigenvalue weighted by Gasteiger charge is -2.17. The van der Waals surface area contributed by atoms with E-state index in [1.165, 1.54) is 0 Å². The van der Waals surface area contributed by atoms with Gasteiger partial charge in [0.15, 0.2) is 0 Å². The van der Waals surface area contributed by atoms with Crippen molar-refractivity contribution >= 4 is 0 Å². The van der Waals surface area contributed by atoms with E-state index in [9.17, 15) is 0 Å². The highest BCUT2D eigenvalue weighted by Gasteiger charge is 2.16. The molecule has 2 rings (SSSR count). The summed E-state index contributed by atoms with van der Waals surface area (Å²) in [6, 6.07) is 1.76. The zero-order valence-electron chi connectivity index (χ0n) is 10.5. The quantitative estimate of drug-likeness (QED) is 0.602. The van der Waals surface area contributed by atoms with Crippen LogP contribution in [0, 0.1) is 0 Å². The SMILES string of the molecule is CCOc1cncc(C(NN)c2cncn2C)c1. The molecule has 1 atom stereocenters. The van der Waals surface area contributed by atoms with E-state index in [4.69, 9.17) is 10.6 Å². The fourth-order valence-corrected chi connectivity index (χ4v) is 1.84. The largest absolute Gasteiger partial charge is 0.492 e. The van der Waals surface area contributed by atoms with Gasteiger partial charge in [0.25, 0.3) is 0 Å². The van der Waals surface area contributed by atoms with Gasteiger partial charge in [-0.2, -0.15) is 0 Å². The molecular weight excluding hydrogens is 230 g/mol. The Morgan fingerprint density at radius 3 is 2.83 bits per heavy atom. The molecule has 2 aromatic heterocycles. The van der Waals surface area contributed by atoms with E-state index in [2.05, 4.69) is 15.4 Å². The number of hydrogen-bond donors (Lipinski definition) is 2. The Morgan fingerprint density at radius 1 is 1.39 bits per heavy atom. The van der Waals surface area contributed by atoms with Crippen LogP contribution in [0.25, 0.3) is 0 Å². The van der Waals surface area contributed by atoms with E-state index >= 15 is 0 Å². The molecule has 18 heavy (non-hydrogen) atoms. The van der Waals surface area contributed by atoms with Crippen LogP contribution in [0.1, 0.15) is 24.2 Å². The minimum absolute atomic E-state index is 0.162. The number of aryl methyl sites for hydroxylation is 1. The number of hydrogen-bond acceptors (Lipinski definition) is 5. The predicted molar refractivity (Wildman–Crippen MR) is 67.8 cm³/mol. The van der Waals surface area contributed by atoms with Crippen LogP contribution in [0.3, 0.4) is 0 Å². The third-order valence-electron chi connectivity index (χ3n) is 2.70. The van der Waals surface area contributed by atoms with Crippen molar-refractivity contribution in [2.45, 2.75) is 13.0 Å². The molecule has 0 aliphatic carbocycles. The van der Waals surface area contributed by atoms with Gasteiger partial charge >= 0.3 is 0 Å². The van der Waals surface area contributed by atoms with Crippen molar-refractivity contribution in [3.05, 3.63) is 42.2 Å². The molecule has 3 N–H and O–H groups in total. The maximum atomic E-state index is 5.63. The van der Waals surface area contributed by atoms with Crippen LogP contribution in [0.15, 0.2) is 31.0 Å². The Kier molecular flexibility index (Phi) is 3.91. The Hall–Kier alpha value is -1.92. The summed E-state index contributed by atoms with van der Waals surface area (Å²) in [6.07, 6.45) is 6.96. The van der Waals surface area contributed by atoms with Crippen molar-refractivity contribution in [1.82, 2.24) is 20.0 Å². The van der Waals surface area contributed by atoms with Crippen molar-refractivity contribution < 1.29 is 4.74 Å². The van der Waals surface area contributed by atoms with E-state index in [0.29, 0.717) is 6.61 Å². The van der Waals surface area contributed by atoms with Crippen molar-refractivity contribution in [3.63, 3.8) is 0 Å². The standard InChI is InChI=1S/C12H17N5O/c1-3-18-10-4-9(5-14-6-10)12(16-13)11-7-15-8-17(11)2/h4-8,12,16H,3,13H2,1-2H3. The lowest BCUT2D eigenvalue weighted by molar-refractivity contribution is 0.338. The average molecular weight is 247 g/mol. The Morgan fingerprint density at radius 2 is 2.22 bits per heavy atom. The van der Waals surface area contributed by atoms with Gasteiger partial charge in [0, 0.05) is 13.2 Å². The summed E-state index contributed by atoms with van der Waals surface area (Å²) in [4.78, 5) is 8.25. The molecular formula is C12H17N5O. The van der Waals surface area contributed by atoms with E-state index in [1.807, 2.05) is 24.6 Å². The summed E-state index contributed by atoms with van der Waals surface area (Å²) in [6.45, 7) is 2.55. The van der Waals surface area contributed by atoms with Crippen molar-refractivity contribution in [3.8, 4) is 5.75 Å². The number of nitrogens with zero attached hydrogens (tertiary/aromatic N) is 3. The van der Waals surface area contributed by atoms with Gasteiger partial charge in [-0.15, -0.1) is 0 Å². The van der Waals surface area contributed by atoms with Crippen LogP contribution in [0.4, 0.5) is 0 Å². The van der Waals surface area contributed by atoms with Crippen molar-refractivity contribution in [2.75, 3.05) is 6.61 Å². The monoisotopic (exact) mass is 247 g/mol. The maximum absolute atomic E-state index is 5.63. The molecule has 2 heterocycles. The van der Waals surface area contributed by atoms with Gasteiger partial charge in [-0.05, 0) is 18.6 Å². The average Bonchev–Trinajstić information content (AvgIpc) is 2.78. The molecule has 0 bridgehead atoms. The zero-order chi connectivity index (χ0) is 13.0. The van der Waals surface area contributed by atoms with Gasteiger partial charge in [-0.25, -0.2) is 10.4 Å². The molecule has 0 radical (unpaired) electrons. The highest BCUT2D eigenvalue weighted by atomic mass is 16.5. The number of rotatable bonds is 5. The third-order valence-corrected chi connectivity index (χ3v) is 2.70. The van der Waals surface area contributed by atoms with Gasteiger partial charge in [-0.1, -0.05) is 0 Å². The Balaban J connectivity index is 2.33. The molecule has 0 amide bonds. The van der Waals surface area contributed by atoms with Crippen molar-refractivity contribution in [2.24, 2.45) is 12.9 Å². The van der Waals surface area contributed by atoms with E-state index in [0.717, 1.165) is 17.0 Å². The minimum Gasteiger partial charge on any atom is -0.492 e. The summed E-state index contributed by atoms with van der Waals surface area (Å²) >= 11 is 0. The summed E-state index contributed by atoms with van der Waals surface area (Å²) in [5, 5.41) is 0. The van der Waals surface area contributed by atoms with Gasteiger partial charge in [-0.3, -0.25) is 10.8 Å². The molecule has 0 aliphatic heterocycles. The van der Waals surface area contributed by atoms with Crippen LogP contribution in [0.5, 0.6) is 5.75 Å². The first-order valence-electron chi connectivity index (χ1n) is 5.76. The molecule has 0 aromatic carbocycles. The predicted octanol–water partition coefficient (Wildman–Crippen LogP) is 0.766. The van der Waals surface area contributed by atoms with Gasteiger partial charge < -0.3 is 9.30 Å². The molecule has 0 saturated carbocycles. The number of nitrogens with one attached hydrogen (secondary N) is 1. The number of imidazole rings is 1. The molecule has 0 aliphatic rings. The molecule has 6 heteroatoms. The smallest absolute Gasteiger partial charge is 0.137 e. The number of nitrogens with two attached hydrogens (primary N) is 1. The first-order valence-corrected chi connectivity index (χ1v) is 5.76. The van der Waals surface area contributed by atoms with Crippen LogP contribution in [-0.2, 0) is 7.05 Å². The summed E-state index contributed by atoms with van der Waals surface area (Å²) in [7, 11) is 1.92. The van der Waals surface area contributed by atoms with Crippen LogP contribution in [-0.4, -0.2) is 21.1 Å². The number of aromatic nitrogens is 3. The zero-order valence-corrected chi connectivity index (χ0v) is 10.5. The van der Waals surface area contributed by atoms with Gasteiger partial charge in [0.2, 0.25) is 0 Å². The normalized spacial score (nSPS) is 12.4. The first-order chi connectivity index (χ1) is 8.76. The number of hydrazine groups is 1.